The van der Waals surface area contributed by atoms with Crippen molar-refractivity contribution in [1.29, 1.82) is 0 Å². The van der Waals surface area contributed by atoms with Crippen molar-refractivity contribution in [2.75, 3.05) is 27.9 Å². The first-order valence-corrected chi connectivity index (χ1v) is 9.26. The standard InChI is InChI=1S/C21H30N2O5/c1-13-15(28-20(23-13)21(2,3)4)9-8-10-22-19(24)14-11-16(25-5)18(27-7)17(12-14)26-6/h11-12H,8-10H2,1-7H3,(H,22,24). The molecule has 28 heavy (non-hydrogen) atoms. The molecule has 0 saturated carbocycles. The van der Waals surface area contributed by atoms with E-state index < -0.39 is 0 Å². The summed E-state index contributed by atoms with van der Waals surface area (Å²) < 4.78 is 21.7. The number of carbonyl (C=O) groups excluding carboxylic acids is 1. The number of nitrogens with one attached hydrogen (secondary N) is 1. The SMILES string of the molecule is COc1cc(C(=O)NCCCc2oc(C(C)(C)C)nc2C)cc(OC)c1OC. The van der Waals surface area contributed by atoms with Crippen LogP contribution in [-0.2, 0) is 11.8 Å². The zero-order chi connectivity index (χ0) is 20.9. The molecule has 7 nitrogen and oxygen atoms in total. The fraction of sp³-hybridized carbons (Fsp3) is 0.524. The molecule has 1 heterocycles. The van der Waals surface area contributed by atoms with Crippen LogP contribution in [0.5, 0.6) is 17.2 Å². The summed E-state index contributed by atoms with van der Waals surface area (Å²) in [6.07, 6.45) is 1.46. The van der Waals surface area contributed by atoms with Gasteiger partial charge in [0.25, 0.3) is 5.91 Å². The number of methoxy groups -OCH3 is 3. The average molecular weight is 390 g/mol. The van der Waals surface area contributed by atoms with Gasteiger partial charge in [-0.3, -0.25) is 4.79 Å². The lowest BCUT2D eigenvalue weighted by Crippen LogP contribution is -2.25. The van der Waals surface area contributed by atoms with Gasteiger partial charge in [-0.15, -0.1) is 0 Å². The number of hydrogen-bond donors (Lipinski definition) is 1. The van der Waals surface area contributed by atoms with Crippen molar-refractivity contribution in [1.82, 2.24) is 10.3 Å². The molecule has 0 bridgehead atoms. The van der Waals surface area contributed by atoms with Crippen LogP contribution in [0.1, 0.15) is 54.9 Å². The molecule has 1 aromatic heterocycles. The molecule has 1 N–H and O–H groups in total. The summed E-state index contributed by atoms with van der Waals surface area (Å²) in [5, 5.41) is 2.91. The second-order valence-electron chi connectivity index (χ2n) is 7.55. The van der Waals surface area contributed by atoms with Crippen molar-refractivity contribution in [3.05, 3.63) is 35.0 Å². The Balaban J connectivity index is 1.97. The predicted molar refractivity (Wildman–Crippen MR) is 107 cm³/mol. The van der Waals surface area contributed by atoms with E-state index in [2.05, 4.69) is 31.1 Å². The number of benzene rings is 1. The molecule has 0 unspecified atom stereocenters. The molecule has 7 heteroatoms. The zero-order valence-corrected chi connectivity index (χ0v) is 17.8. The van der Waals surface area contributed by atoms with Crippen LogP contribution in [0.2, 0.25) is 0 Å². The monoisotopic (exact) mass is 390 g/mol. The highest BCUT2D eigenvalue weighted by Crippen LogP contribution is 2.38. The topological polar surface area (TPSA) is 82.8 Å². The lowest BCUT2D eigenvalue weighted by atomic mass is 9.97. The molecule has 0 atom stereocenters. The largest absolute Gasteiger partial charge is 0.493 e. The maximum Gasteiger partial charge on any atom is 0.251 e. The van der Waals surface area contributed by atoms with E-state index in [1.165, 1.54) is 21.3 Å². The number of rotatable bonds is 8. The van der Waals surface area contributed by atoms with Gasteiger partial charge in [0.05, 0.1) is 27.0 Å². The summed E-state index contributed by atoms with van der Waals surface area (Å²) in [7, 11) is 4.56. The van der Waals surface area contributed by atoms with E-state index in [0.717, 1.165) is 23.8 Å². The summed E-state index contributed by atoms with van der Waals surface area (Å²) in [6, 6.07) is 3.26. The van der Waals surface area contributed by atoms with Gasteiger partial charge < -0.3 is 23.9 Å². The van der Waals surface area contributed by atoms with E-state index in [1.54, 1.807) is 12.1 Å². The number of oxazole rings is 1. The highest BCUT2D eigenvalue weighted by molar-refractivity contribution is 5.95. The summed E-state index contributed by atoms with van der Waals surface area (Å²) in [5.41, 5.74) is 1.23. The average Bonchev–Trinajstić information content (AvgIpc) is 3.04. The van der Waals surface area contributed by atoms with Gasteiger partial charge in [0, 0.05) is 23.9 Å². The van der Waals surface area contributed by atoms with Crippen molar-refractivity contribution in [3.8, 4) is 17.2 Å². The van der Waals surface area contributed by atoms with Crippen LogP contribution in [0.4, 0.5) is 0 Å². The Hall–Kier alpha value is -2.70. The highest BCUT2D eigenvalue weighted by Gasteiger charge is 2.22. The van der Waals surface area contributed by atoms with Crippen LogP contribution < -0.4 is 19.5 Å². The van der Waals surface area contributed by atoms with Gasteiger partial charge >= 0.3 is 0 Å². The summed E-state index contributed by atoms with van der Waals surface area (Å²) in [4.78, 5) is 17.0. The Morgan fingerprint density at radius 3 is 2.18 bits per heavy atom. The number of carbonyl (C=O) groups is 1. The van der Waals surface area contributed by atoms with Gasteiger partial charge in [-0.2, -0.15) is 0 Å². The van der Waals surface area contributed by atoms with Crippen LogP contribution in [-0.4, -0.2) is 38.8 Å². The van der Waals surface area contributed by atoms with Gasteiger partial charge in [0.15, 0.2) is 17.4 Å². The van der Waals surface area contributed by atoms with E-state index in [-0.39, 0.29) is 11.3 Å². The van der Waals surface area contributed by atoms with Crippen LogP contribution in [0.15, 0.2) is 16.5 Å². The summed E-state index contributed by atoms with van der Waals surface area (Å²) in [5.74, 6) is 2.74. The second-order valence-corrected chi connectivity index (χ2v) is 7.55. The first-order valence-electron chi connectivity index (χ1n) is 9.26. The molecule has 154 valence electrons. The fourth-order valence-corrected chi connectivity index (χ4v) is 2.75. The van der Waals surface area contributed by atoms with Gasteiger partial charge in [0.2, 0.25) is 5.75 Å². The molecule has 0 saturated heterocycles. The van der Waals surface area contributed by atoms with E-state index in [1.807, 2.05) is 6.92 Å². The number of amides is 1. The fourth-order valence-electron chi connectivity index (χ4n) is 2.75. The molecular weight excluding hydrogens is 360 g/mol. The van der Waals surface area contributed by atoms with Crippen LogP contribution in [0.25, 0.3) is 0 Å². The first-order chi connectivity index (χ1) is 13.2. The Bertz CT molecular complexity index is 796. The molecule has 0 spiro atoms. The van der Waals surface area contributed by atoms with Crippen molar-refractivity contribution < 1.29 is 23.4 Å². The maximum absolute atomic E-state index is 12.5. The molecule has 0 fully saturated rings. The molecule has 1 amide bonds. The van der Waals surface area contributed by atoms with E-state index in [4.69, 9.17) is 18.6 Å². The molecule has 0 aliphatic rings. The molecule has 1 aromatic carbocycles. The van der Waals surface area contributed by atoms with Crippen LogP contribution in [0.3, 0.4) is 0 Å². The van der Waals surface area contributed by atoms with Crippen molar-refractivity contribution in [2.45, 2.75) is 46.0 Å². The summed E-state index contributed by atoms with van der Waals surface area (Å²) >= 11 is 0. The van der Waals surface area contributed by atoms with Crippen molar-refractivity contribution in [2.24, 2.45) is 0 Å². The minimum atomic E-state index is -0.205. The van der Waals surface area contributed by atoms with Crippen LogP contribution in [0, 0.1) is 6.92 Å². The smallest absolute Gasteiger partial charge is 0.251 e. The number of aromatic nitrogens is 1. The maximum atomic E-state index is 12.5. The Morgan fingerprint density at radius 1 is 1.11 bits per heavy atom. The van der Waals surface area contributed by atoms with Gasteiger partial charge in [0.1, 0.15) is 5.76 Å². The third kappa shape index (κ3) is 4.97. The highest BCUT2D eigenvalue weighted by atomic mass is 16.5. The third-order valence-electron chi connectivity index (χ3n) is 4.33. The molecule has 0 aliphatic heterocycles. The van der Waals surface area contributed by atoms with Gasteiger partial charge in [-0.25, -0.2) is 4.98 Å². The van der Waals surface area contributed by atoms with E-state index >= 15 is 0 Å². The van der Waals surface area contributed by atoms with Crippen molar-refractivity contribution >= 4 is 5.91 Å². The Labute approximate surface area is 166 Å². The third-order valence-corrected chi connectivity index (χ3v) is 4.33. The number of ether oxygens (including phenoxy) is 3. The van der Waals surface area contributed by atoms with Crippen LogP contribution >= 0.6 is 0 Å². The minimum absolute atomic E-state index is 0.121. The normalized spacial score (nSPS) is 11.2. The Kier molecular flexibility index (Phi) is 6.94. The second kappa shape index (κ2) is 8.99. The number of aryl methyl sites for hydroxylation is 2. The van der Waals surface area contributed by atoms with E-state index in [0.29, 0.717) is 35.8 Å². The molecular formula is C21H30N2O5. The van der Waals surface area contributed by atoms with Gasteiger partial charge in [-0.05, 0) is 25.5 Å². The molecule has 2 rings (SSSR count). The number of hydrogen-bond acceptors (Lipinski definition) is 6. The zero-order valence-electron chi connectivity index (χ0n) is 17.8. The molecule has 0 radical (unpaired) electrons. The lowest BCUT2D eigenvalue weighted by Gasteiger charge is -2.14. The Morgan fingerprint density at radius 2 is 1.71 bits per heavy atom. The van der Waals surface area contributed by atoms with E-state index in [9.17, 15) is 4.79 Å². The molecule has 0 aliphatic carbocycles. The lowest BCUT2D eigenvalue weighted by molar-refractivity contribution is 0.0952. The van der Waals surface area contributed by atoms with Gasteiger partial charge in [-0.1, -0.05) is 20.8 Å². The molecule has 2 aromatic rings. The van der Waals surface area contributed by atoms with Crippen molar-refractivity contribution in [3.63, 3.8) is 0 Å². The summed E-state index contributed by atoms with van der Waals surface area (Å²) in [6.45, 7) is 8.67. The quantitative estimate of drug-likeness (QED) is 0.693. The first kappa shape index (κ1) is 21.6. The minimum Gasteiger partial charge on any atom is -0.493 e. The predicted octanol–water partition coefficient (Wildman–Crippen LogP) is 3.67. The number of nitrogens with zero attached hydrogens (tertiary/aromatic N) is 1.